The molecule has 0 aliphatic carbocycles. The van der Waals surface area contributed by atoms with Crippen molar-refractivity contribution in [1.29, 1.82) is 0 Å². The number of thioether (sulfide) groups is 1. The maximum Gasteiger partial charge on any atom is 0.213 e. The summed E-state index contributed by atoms with van der Waals surface area (Å²) in [6.07, 6.45) is 8.95. The average molecular weight is 390 g/mol. The van der Waals surface area contributed by atoms with Gasteiger partial charge in [-0.25, -0.2) is 0 Å². The Labute approximate surface area is 170 Å². The van der Waals surface area contributed by atoms with Crippen LogP contribution in [0.3, 0.4) is 0 Å². The summed E-state index contributed by atoms with van der Waals surface area (Å²) < 4.78 is 2.14. The van der Waals surface area contributed by atoms with Crippen molar-refractivity contribution in [3.63, 3.8) is 0 Å². The Morgan fingerprint density at radius 1 is 1.11 bits per heavy atom. The Balaban J connectivity index is 1.61. The molecule has 1 aliphatic rings. The maximum absolute atomic E-state index is 10.1. The van der Waals surface area contributed by atoms with Crippen molar-refractivity contribution in [3.8, 4) is 0 Å². The summed E-state index contributed by atoms with van der Waals surface area (Å²) in [5, 5.41) is 12.5. The summed E-state index contributed by atoms with van der Waals surface area (Å²) in [7, 11) is 2.11. The van der Waals surface area contributed by atoms with Gasteiger partial charge in [-0.15, -0.1) is 0 Å². The Bertz CT molecular complexity index is 1060. The van der Waals surface area contributed by atoms with Crippen LogP contribution in [0, 0.1) is 0 Å². The van der Waals surface area contributed by atoms with Crippen LogP contribution in [0.25, 0.3) is 17.0 Å². The summed E-state index contributed by atoms with van der Waals surface area (Å²) in [6.45, 7) is 2.62. The van der Waals surface area contributed by atoms with Gasteiger partial charge in [0.05, 0.1) is 16.1 Å². The second kappa shape index (κ2) is 8.21. The molecule has 3 aromatic rings. The van der Waals surface area contributed by atoms with E-state index in [1.165, 1.54) is 26.6 Å². The number of aromatic nitrogens is 1. The molecular weight excluding hydrogens is 364 g/mol. The van der Waals surface area contributed by atoms with Gasteiger partial charge < -0.3 is 10.0 Å². The second-order valence-corrected chi connectivity index (χ2v) is 8.06. The first-order chi connectivity index (χ1) is 13.7. The standard InChI is InChI=1S/C24H25N2OS/c1-3-19(27)17-26-16-15-18(20-10-4-5-11-21(20)26)9-8-14-24-25(2)22-12-6-7-13-23(22)28-24/h4-16,19,27H,3,17H2,1-2H3/q+1. The van der Waals surface area contributed by atoms with Crippen LogP contribution in [-0.2, 0) is 6.54 Å². The van der Waals surface area contributed by atoms with Crippen LogP contribution in [0.5, 0.6) is 0 Å². The highest BCUT2D eigenvalue weighted by Gasteiger charge is 2.20. The monoisotopic (exact) mass is 389 g/mol. The molecule has 1 aliphatic heterocycles. The minimum atomic E-state index is -0.323. The highest BCUT2D eigenvalue weighted by atomic mass is 32.2. The molecule has 0 amide bonds. The zero-order valence-corrected chi connectivity index (χ0v) is 17.1. The lowest BCUT2D eigenvalue weighted by Crippen LogP contribution is -2.40. The SMILES string of the molecule is CCC(O)C[n+]1ccc(C=CC=C2Sc3ccccc3N2C)c2ccccc21. The number of fused-ring (bicyclic) bond motifs is 2. The number of hydrogen-bond acceptors (Lipinski definition) is 3. The van der Waals surface area contributed by atoms with Crippen molar-refractivity contribution < 1.29 is 9.67 Å². The first kappa shape index (κ1) is 18.8. The van der Waals surface area contributed by atoms with E-state index in [-0.39, 0.29) is 6.10 Å². The first-order valence-electron chi connectivity index (χ1n) is 9.65. The zero-order chi connectivity index (χ0) is 19.5. The fourth-order valence-electron chi connectivity index (χ4n) is 3.47. The zero-order valence-electron chi connectivity index (χ0n) is 16.2. The third-order valence-corrected chi connectivity index (χ3v) is 6.31. The molecule has 4 heteroatoms. The molecular formula is C24H25N2OS+. The second-order valence-electron chi connectivity index (χ2n) is 7.00. The van der Waals surface area contributed by atoms with Gasteiger partial charge in [-0.3, -0.25) is 0 Å². The quantitative estimate of drug-likeness (QED) is 0.623. The normalized spacial score (nSPS) is 16.2. The topological polar surface area (TPSA) is 27.4 Å². The van der Waals surface area contributed by atoms with Gasteiger partial charge in [-0.05, 0) is 36.3 Å². The number of nitrogens with zero attached hydrogens (tertiary/aromatic N) is 2. The molecule has 1 aromatic heterocycles. The fraction of sp³-hybridized carbons (Fsp3) is 0.208. The Hall–Kier alpha value is -2.56. The van der Waals surface area contributed by atoms with Crippen LogP contribution >= 0.6 is 11.8 Å². The molecule has 0 spiro atoms. The van der Waals surface area contributed by atoms with Crippen LogP contribution in [-0.4, -0.2) is 18.3 Å². The third kappa shape index (κ3) is 3.71. The Morgan fingerprint density at radius 3 is 2.71 bits per heavy atom. The lowest BCUT2D eigenvalue weighted by atomic mass is 10.1. The van der Waals surface area contributed by atoms with Crippen LogP contribution < -0.4 is 9.47 Å². The minimum Gasteiger partial charge on any atom is -0.387 e. The van der Waals surface area contributed by atoms with E-state index in [2.05, 4.69) is 89.5 Å². The van der Waals surface area contributed by atoms with Crippen LogP contribution in [0.4, 0.5) is 5.69 Å². The third-order valence-electron chi connectivity index (χ3n) is 5.12. The van der Waals surface area contributed by atoms with Crippen LogP contribution in [0.2, 0.25) is 0 Å². The number of anilines is 1. The van der Waals surface area contributed by atoms with E-state index < -0.39 is 0 Å². The van der Waals surface area contributed by atoms with Crippen molar-refractivity contribution in [1.82, 2.24) is 0 Å². The molecule has 3 nitrogen and oxygen atoms in total. The van der Waals surface area contributed by atoms with E-state index in [1.54, 1.807) is 11.8 Å². The first-order valence-corrected chi connectivity index (χ1v) is 10.5. The Kier molecular flexibility index (Phi) is 5.51. The molecule has 2 aromatic carbocycles. The van der Waals surface area contributed by atoms with E-state index in [0.29, 0.717) is 6.54 Å². The van der Waals surface area contributed by atoms with Gasteiger partial charge in [-0.2, -0.15) is 4.57 Å². The largest absolute Gasteiger partial charge is 0.387 e. The molecule has 0 bridgehead atoms. The summed E-state index contributed by atoms with van der Waals surface area (Å²) in [5.41, 5.74) is 3.58. The molecule has 0 fully saturated rings. The maximum atomic E-state index is 10.1. The molecule has 4 rings (SSSR count). The smallest absolute Gasteiger partial charge is 0.213 e. The summed E-state index contributed by atoms with van der Waals surface area (Å²) in [6, 6.07) is 19.0. The predicted molar refractivity (Wildman–Crippen MR) is 118 cm³/mol. The number of allylic oxidation sites excluding steroid dienone is 2. The molecule has 28 heavy (non-hydrogen) atoms. The Morgan fingerprint density at radius 2 is 1.89 bits per heavy atom. The van der Waals surface area contributed by atoms with Crippen molar-refractivity contribution in [3.05, 3.63) is 83.5 Å². The number of pyridine rings is 1. The van der Waals surface area contributed by atoms with Crippen LogP contribution in [0.1, 0.15) is 18.9 Å². The molecule has 0 radical (unpaired) electrons. The van der Waals surface area contributed by atoms with Gasteiger partial charge in [-0.1, -0.05) is 55.1 Å². The lowest BCUT2D eigenvalue weighted by molar-refractivity contribution is -0.678. The van der Waals surface area contributed by atoms with Gasteiger partial charge >= 0.3 is 0 Å². The molecule has 1 unspecified atom stereocenters. The summed E-state index contributed by atoms with van der Waals surface area (Å²) in [4.78, 5) is 3.53. The van der Waals surface area contributed by atoms with Gasteiger partial charge in [0.2, 0.25) is 5.52 Å². The molecule has 0 saturated heterocycles. The summed E-state index contributed by atoms with van der Waals surface area (Å²) >= 11 is 1.80. The van der Waals surface area contributed by atoms with E-state index >= 15 is 0 Å². The number of aliphatic hydroxyl groups excluding tert-OH is 1. The van der Waals surface area contributed by atoms with Crippen molar-refractivity contribution in [2.24, 2.45) is 0 Å². The van der Waals surface area contributed by atoms with E-state index in [4.69, 9.17) is 0 Å². The minimum absolute atomic E-state index is 0.323. The average Bonchev–Trinajstić information content (AvgIpc) is 3.05. The van der Waals surface area contributed by atoms with Gasteiger partial charge in [0.1, 0.15) is 6.10 Å². The molecule has 0 saturated carbocycles. The molecule has 1 N–H and O–H groups in total. The summed E-state index contributed by atoms with van der Waals surface area (Å²) in [5.74, 6) is 0. The number of hydrogen-bond donors (Lipinski definition) is 1. The molecule has 1 atom stereocenters. The van der Waals surface area contributed by atoms with Gasteiger partial charge in [0, 0.05) is 24.1 Å². The van der Waals surface area contributed by atoms with Crippen molar-refractivity contribution in [2.75, 3.05) is 11.9 Å². The predicted octanol–water partition coefficient (Wildman–Crippen LogP) is 4.99. The lowest BCUT2D eigenvalue weighted by Gasteiger charge is -2.12. The van der Waals surface area contributed by atoms with E-state index in [9.17, 15) is 5.11 Å². The van der Waals surface area contributed by atoms with Gasteiger partial charge in [0.25, 0.3) is 0 Å². The van der Waals surface area contributed by atoms with Crippen molar-refractivity contribution >= 4 is 34.4 Å². The fourth-order valence-corrected chi connectivity index (χ4v) is 4.53. The number of benzene rings is 2. The van der Waals surface area contributed by atoms with E-state index in [0.717, 1.165) is 11.9 Å². The number of para-hydroxylation sites is 2. The van der Waals surface area contributed by atoms with Gasteiger partial charge in [0.15, 0.2) is 12.7 Å². The van der Waals surface area contributed by atoms with Crippen molar-refractivity contribution in [2.45, 2.75) is 30.9 Å². The van der Waals surface area contributed by atoms with E-state index in [1.807, 2.05) is 13.0 Å². The highest BCUT2D eigenvalue weighted by Crippen LogP contribution is 2.44. The number of aliphatic hydroxyl groups is 1. The number of rotatable bonds is 5. The highest BCUT2D eigenvalue weighted by molar-refractivity contribution is 8.03. The van der Waals surface area contributed by atoms with Crippen LogP contribution in [0.15, 0.2) is 82.9 Å². The molecule has 142 valence electrons. The molecule has 2 heterocycles.